The van der Waals surface area contributed by atoms with Crippen molar-refractivity contribution in [1.29, 1.82) is 5.26 Å². The number of rotatable bonds is 3. The Labute approximate surface area is 142 Å². The van der Waals surface area contributed by atoms with E-state index in [9.17, 15) is 10.1 Å². The fraction of sp³-hybridized carbons (Fsp3) is 0.300. The van der Waals surface area contributed by atoms with Gasteiger partial charge in [0.1, 0.15) is 6.07 Å². The summed E-state index contributed by atoms with van der Waals surface area (Å²) >= 11 is 0. The zero-order valence-electron chi connectivity index (χ0n) is 14.7. The average molecular weight is 322 g/mol. The molecule has 1 N–H and O–H groups in total. The first-order valence-corrected chi connectivity index (χ1v) is 7.80. The Morgan fingerprint density at radius 1 is 1.17 bits per heavy atom. The number of allylic oxidation sites excluding steroid dienone is 2. The molecule has 0 aliphatic rings. The van der Waals surface area contributed by atoms with Crippen LogP contribution < -0.4 is 5.32 Å². The zero-order valence-corrected chi connectivity index (χ0v) is 14.7. The van der Waals surface area contributed by atoms with Crippen molar-refractivity contribution >= 4 is 11.5 Å². The summed E-state index contributed by atoms with van der Waals surface area (Å²) in [5.74, 6) is -0.142. The highest BCUT2D eigenvalue weighted by Crippen LogP contribution is 2.31. The van der Waals surface area contributed by atoms with Crippen LogP contribution in [-0.4, -0.2) is 5.91 Å². The van der Waals surface area contributed by atoms with Crippen LogP contribution in [0.1, 0.15) is 48.0 Å². The lowest BCUT2D eigenvalue weighted by atomic mass is 9.86. The monoisotopic (exact) mass is 322 g/mol. The molecule has 4 heteroatoms. The summed E-state index contributed by atoms with van der Waals surface area (Å²) in [7, 11) is 0. The van der Waals surface area contributed by atoms with Crippen LogP contribution in [0.4, 0.5) is 0 Å². The van der Waals surface area contributed by atoms with Gasteiger partial charge in [0.2, 0.25) is 0 Å². The maximum absolute atomic E-state index is 12.4. The number of hydrogen-bond donors (Lipinski definition) is 1. The van der Waals surface area contributed by atoms with E-state index in [0.29, 0.717) is 11.3 Å². The van der Waals surface area contributed by atoms with Crippen LogP contribution in [0.15, 0.2) is 46.7 Å². The van der Waals surface area contributed by atoms with Gasteiger partial charge in [-0.2, -0.15) is 5.26 Å². The number of furan rings is 1. The molecule has 1 aromatic heterocycles. The smallest absolute Gasteiger partial charge is 0.291 e. The molecule has 0 spiro atoms. The van der Waals surface area contributed by atoms with Crippen molar-refractivity contribution < 1.29 is 9.21 Å². The van der Waals surface area contributed by atoms with Gasteiger partial charge in [0.15, 0.2) is 5.76 Å². The molecule has 0 unspecified atom stereocenters. The Balaban J connectivity index is 2.56. The Bertz CT molecular complexity index is 796. The molecular weight excluding hydrogens is 300 g/mol. The summed E-state index contributed by atoms with van der Waals surface area (Å²) < 4.78 is 5.15. The predicted molar refractivity (Wildman–Crippen MR) is 94.1 cm³/mol. The molecule has 2 aromatic rings. The highest BCUT2D eigenvalue weighted by Gasteiger charge is 2.25. The Kier molecular flexibility index (Phi) is 4.94. The Hall–Kier alpha value is -2.80. The molecule has 0 saturated heterocycles. The minimum absolute atomic E-state index is 0.217. The minimum Gasteiger partial charge on any atom is -0.459 e. The number of carbonyl (C=O) groups is 1. The Morgan fingerprint density at radius 2 is 1.79 bits per heavy atom. The Morgan fingerprint density at radius 3 is 2.25 bits per heavy atom. The van der Waals surface area contributed by atoms with Gasteiger partial charge in [-0.15, -0.1) is 0 Å². The van der Waals surface area contributed by atoms with E-state index in [1.54, 1.807) is 12.1 Å². The van der Waals surface area contributed by atoms with E-state index in [1.165, 1.54) is 6.26 Å². The van der Waals surface area contributed by atoms with Gasteiger partial charge >= 0.3 is 0 Å². The van der Waals surface area contributed by atoms with E-state index in [1.807, 2.05) is 46.8 Å². The van der Waals surface area contributed by atoms with Crippen molar-refractivity contribution in [2.24, 2.45) is 5.41 Å². The fourth-order valence-corrected chi connectivity index (χ4v) is 2.59. The van der Waals surface area contributed by atoms with Gasteiger partial charge in [-0.3, -0.25) is 4.79 Å². The van der Waals surface area contributed by atoms with Gasteiger partial charge in [0.05, 0.1) is 11.8 Å². The number of carbonyl (C=O) groups excluding carboxylic acids is 1. The molecule has 0 bridgehead atoms. The van der Waals surface area contributed by atoms with Crippen LogP contribution in [0, 0.1) is 30.6 Å². The van der Waals surface area contributed by atoms with Crippen molar-refractivity contribution in [3.05, 3.63) is 64.7 Å². The molecule has 0 atom stereocenters. The van der Waals surface area contributed by atoms with E-state index in [2.05, 4.69) is 17.5 Å². The third kappa shape index (κ3) is 3.94. The maximum atomic E-state index is 12.4. The van der Waals surface area contributed by atoms with Gasteiger partial charge in [0.25, 0.3) is 5.91 Å². The lowest BCUT2D eigenvalue weighted by Gasteiger charge is -2.25. The third-order valence-electron chi connectivity index (χ3n) is 3.61. The van der Waals surface area contributed by atoms with Gasteiger partial charge in [0, 0.05) is 11.1 Å². The van der Waals surface area contributed by atoms with Gasteiger partial charge in [-0.1, -0.05) is 50.1 Å². The normalized spacial score (nSPS) is 12.3. The summed E-state index contributed by atoms with van der Waals surface area (Å²) in [6.45, 7) is 9.87. The lowest BCUT2D eigenvalue weighted by Crippen LogP contribution is -2.31. The van der Waals surface area contributed by atoms with Crippen LogP contribution in [0.25, 0.3) is 5.57 Å². The number of nitrogens with zero attached hydrogens (tertiary/aromatic N) is 1. The van der Waals surface area contributed by atoms with E-state index < -0.39 is 5.41 Å². The van der Waals surface area contributed by atoms with Crippen LogP contribution in [0.3, 0.4) is 0 Å². The molecule has 4 nitrogen and oxygen atoms in total. The van der Waals surface area contributed by atoms with Crippen LogP contribution in [0.5, 0.6) is 0 Å². The number of hydrogen-bond acceptors (Lipinski definition) is 3. The number of amides is 1. The summed E-state index contributed by atoms with van der Waals surface area (Å²) in [6.07, 6.45) is 1.45. The quantitative estimate of drug-likeness (QED) is 0.839. The minimum atomic E-state index is -0.412. The van der Waals surface area contributed by atoms with Gasteiger partial charge in [-0.25, -0.2) is 0 Å². The summed E-state index contributed by atoms with van der Waals surface area (Å²) in [4.78, 5) is 12.4. The molecule has 0 aliphatic heterocycles. The molecular formula is C20H22N2O2. The van der Waals surface area contributed by atoms with Crippen molar-refractivity contribution in [3.8, 4) is 6.07 Å². The lowest BCUT2D eigenvalue weighted by molar-refractivity contribution is 0.0930. The summed E-state index contributed by atoms with van der Waals surface area (Å²) in [5.41, 5.74) is 3.59. The highest BCUT2D eigenvalue weighted by molar-refractivity contribution is 5.95. The van der Waals surface area contributed by atoms with Crippen LogP contribution >= 0.6 is 0 Å². The van der Waals surface area contributed by atoms with Gasteiger partial charge < -0.3 is 9.73 Å². The van der Waals surface area contributed by atoms with Crippen molar-refractivity contribution in [2.45, 2.75) is 34.6 Å². The SMILES string of the molecule is Cc1cc(C)cc(C(C#N)=C(NC(=O)c2ccco2)C(C)(C)C)c1. The molecule has 0 radical (unpaired) electrons. The number of benzene rings is 1. The molecule has 24 heavy (non-hydrogen) atoms. The first-order chi connectivity index (χ1) is 11.2. The van der Waals surface area contributed by atoms with E-state index in [0.717, 1.165) is 16.7 Å². The number of nitriles is 1. The third-order valence-corrected chi connectivity index (χ3v) is 3.61. The summed E-state index contributed by atoms with van der Waals surface area (Å²) in [6, 6.07) is 11.5. The second-order valence-electron chi connectivity index (χ2n) is 6.92. The molecule has 0 fully saturated rings. The molecule has 2 rings (SSSR count). The average Bonchev–Trinajstić information content (AvgIpc) is 2.99. The molecule has 1 aromatic carbocycles. The van der Waals surface area contributed by atoms with Crippen molar-refractivity contribution in [2.75, 3.05) is 0 Å². The standard InChI is InChI=1S/C20H22N2O2/c1-13-9-14(2)11-15(10-13)16(12-21)18(20(3,4)5)22-19(23)17-7-6-8-24-17/h6-11H,1-5H3,(H,22,23). The highest BCUT2D eigenvalue weighted by atomic mass is 16.3. The molecule has 0 aliphatic carbocycles. The fourth-order valence-electron chi connectivity index (χ4n) is 2.59. The van der Waals surface area contributed by atoms with Gasteiger partial charge in [-0.05, 0) is 31.5 Å². The molecule has 124 valence electrons. The summed E-state index contributed by atoms with van der Waals surface area (Å²) in [5, 5.41) is 12.6. The van der Waals surface area contributed by atoms with Crippen molar-refractivity contribution in [3.63, 3.8) is 0 Å². The molecule has 0 saturated carbocycles. The van der Waals surface area contributed by atoms with E-state index in [4.69, 9.17) is 4.42 Å². The van der Waals surface area contributed by atoms with Crippen LogP contribution in [0.2, 0.25) is 0 Å². The number of aryl methyl sites for hydroxylation is 2. The second-order valence-corrected chi connectivity index (χ2v) is 6.92. The first-order valence-electron chi connectivity index (χ1n) is 7.80. The van der Waals surface area contributed by atoms with Crippen LogP contribution in [-0.2, 0) is 0 Å². The maximum Gasteiger partial charge on any atom is 0.291 e. The first kappa shape index (κ1) is 17.6. The topological polar surface area (TPSA) is 66.0 Å². The molecule has 1 amide bonds. The van der Waals surface area contributed by atoms with E-state index in [-0.39, 0.29) is 11.7 Å². The van der Waals surface area contributed by atoms with E-state index >= 15 is 0 Å². The predicted octanol–water partition coefficient (Wildman–Crippen LogP) is 4.61. The largest absolute Gasteiger partial charge is 0.459 e. The molecule has 1 heterocycles. The van der Waals surface area contributed by atoms with Crippen molar-refractivity contribution in [1.82, 2.24) is 5.32 Å². The number of nitrogens with one attached hydrogen (secondary N) is 1. The zero-order chi connectivity index (χ0) is 17.9. The second kappa shape index (κ2) is 6.76.